The molecule has 3 rings (SSSR count). The summed E-state index contributed by atoms with van der Waals surface area (Å²) < 4.78 is 19.5. The number of guanidine groups is 1. The van der Waals surface area contributed by atoms with Crippen LogP contribution in [0.3, 0.4) is 0 Å². The average Bonchev–Trinajstić information content (AvgIpc) is 2.80. The largest absolute Gasteiger partial charge is 0.381 e. The Labute approximate surface area is 185 Å². The summed E-state index contributed by atoms with van der Waals surface area (Å²) in [7, 11) is 0. The Morgan fingerprint density at radius 1 is 1.06 bits per heavy atom. The Kier molecular flexibility index (Phi) is 8.85. The summed E-state index contributed by atoms with van der Waals surface area (Å²) in [6.45, 7) is 7.78. The van der Waals surface area contributed by atoms with E-state index in [0.717, 1.165) is 38.6 Å². The van der Waals surface area contributed by atoms with Crippen LogP contribution in [0.2, 0.25) is 0 Å². The second-order valence-corrected chi connectivity index (χ2v) is 8.13. The zero-order valence-corrected chi connectivity index (χ0v) is 18.7. The van der Waals surface area contributed by atoms with Gasteiger partial charge >= 0.3 is 0 Å². The minimum absolute atomic E-state index is 0.110. The van der Waals surface area contributed by atoms with Gasteiger partial charge in [0.05, 0.1) is 6.54 Å². The first kappa shape index (κ1) is 23.2. The summed E-state index contributed by atoms with van der Waals surface area (Å²) in [4.78, 5) is 4.89. The van der Waals surface area contributed by atoms with Gasteiger partial charge in [0.2, 0.25) is 0 Å². The van der Waals surface area contributed by atoms with Crippen LogP contribution >= 0.6 is 0 Å². The van der Waals surface area contributed by atoms with E-state index < -0.39 is 0 Å². The number of hydrogen-bond acceptors (Lipinski definition) is 3. The molecular weight excluding hydrogens is 391 g/mol. The van der Waals surface area contributed by atoms with Gasteiger partial charge in [-0.3, -0.25) is 4.99 Å². The van der Waals surface area contributed by atoms with Crippen molar-refractivity contribution < 1.29 is 9.13 Å². The van der Waals surface area contributed by atoms with Crippen LogP contribution in [0.15, 0.2) is 59.6 Å². The standard InChI is InChI=1S/C25H35FN4O/c1-3-27-24(28-16-13-22-11-7-8-12-23(22)26)29-19-25(14-17-31-18-15-25)30-20(2)21-9-5-4-6-10-21/h4-12,20,30H,3,13-19H2,1-2H3,(H2,27,28,29). The van der Waals surface area contributed by atoms with Crippen molar-refractivity contribution in [2.24, 2.45) is 4.99 Å². The molecule has 1 heterocycles. The quantitative estimate of drug-likeness (QED) is 0.421. The van der Waals surface area contributed by atoms with Crippen molar-refractivity contribution in [1.29, 1.82) is 0 Å². The molecule has 0 aliphatic carbocycles. The number of halogens is 1. The molecule has 1 fully saturated rings. The first-order valence-corrected chi connectivity index (χ1v) is 11.3. The highest BCUT2D eigenvalue weighted by Crippen LogP contribution is 2.26. The predicted octanol–water partition coefficient (Wildman–Crippen LogP) is 3.82. The highest BCUT2D eigenvalue weighted by Gasteiger charge is 2.34. The summed E-state index contributed by atoms with van der Waals surface area (Å²) in [5, 5.41) is 10.5. The van der Waals surface area contributed by atoms with Crippen molar-refractivity contribution in [2.75, 3.05) is 32.8 Å². The third-order valence-electron chi connectivity index (χ3n) is 5.80. The molecule has 168 valence electrons. The van der Waals surface area contributed by atoms with E-state index in [0.29, 0.717) is 25.1 Å². The van der Waals surface area contributed by atoms with Crippen LogP contribution in [0.1, 0.15) is 43.9 Å². The third kappa shape index (κ3) is 7.04. The Hall–Kier alpha value is -2.44. The molecule has 1 aliphatic rings. The number of aliphatic imine (C=N–C) groups is 1. The first-order chi connectivity index (χ1) is 15.1. The molecule has 1 saturated heterocycles. The topological polar surface area (TPSA) is 57.7 Å². The van der Waals surface area contributed by atoms with E-state index in [2.05, 4.69) is 47.1 Å². The van der Waals surface area contributed by atoms with E-state index in [9.17, 15) is 4.39 Å². The average molecular weight is 427 g/mol. The maximum Gasteiger partial charge on any atom is 0.191 e. The second-order valence-electron chi connectivity index (χ2n) is 8.13. The van der Waals surface area contributed by atoms with E-state index in [1.807, 2.05) is 25.1 Å². The Morgan fingerprint density at radius 2 is 1.77 bits per heavy atom. The molecule has 1 aliphatic heterocycles. The SMILES string of the molecule is CCNC(=NCC1(NC(C)c2ccccc2)CCOCC1)NCCc1ccccc1F. The van der Waals surface area contributed by atoms with Crippen LogP contribution < -0.4 is 16.0 Å². The molecule has 0 spiro atoms. The molecule has 5 nitrogen and oxygen atoms in total. The molecule has 0 saturated carbocycles. The smallest absolute Gasteiger partial charge is 0.191 e. The van der Waals surface area contributed by atoms with Crippen molar-refractivity contribution in [3.8, 4) is 0 Å². The normalized spacial score (nSPS) is 17.2. The fraction of sp³-hybridized carbons (Fsp3) is 0.480. The van der Waals surface area contributed by atoms with Crippen molar-refractivity contribution in [1.82, 2.24) is 16.0 Å². The molecule has 0 radical (unpaired) electrons. The zero-order chi connectivity index (χ0) is 21.9. The maximum absolute atomic E-state index is 13.9. The van der Waals surface area contributed by atoms with Crippen LogP contribution in [-0.2, 0) is 11.2 Å². The number of hydrogen-bond donors (Lipinski definition) is 3. The zero-order valence-electron chi connectivity index (χ0n) is 18.7. The van der Waals surface area contributed by atoms with Gasteiger partial charge in [-0.05, 0) is 50.3 Å². The molecule has 31 heavy (non-hydrogen) atoms. The number of nitrogens with one attached hydrogen (secondary N) is 3. The van der Waals surface area contributed by atoms with Crippen molar-refractivity contribution >= 4 is 5.96 Å². The summed E-state index contributed by atoms with van der Waals surface area (Å²) in [6.07, 6.45) is 2.45. The Bertz CT molecular complexity index is 821. The molecule has 0 amide bonds. The van der Waals surface area contributed by atoms with Gasteiger partial charge in [-0.15, -0.1) is 0 Å². The van der Waals surface area contributed by atoms with E-state index in [-0.39, 0.29) is 17.4 Å². The second kappa shape index (κ2) is 11.8. The van der Waals surface area contributed by atoms with Crippen molar-refractivity contribution in [3.05, 3.63) is 71.5 Å². The van der Waals surface area contributed by atoms with Gasteiger partial charge in [0.25, 0.3) is 0 Å². The molecule has 1 unspecified atom stereocenters. The summed E-state index contributed by atoms with van der Waals surface area (Å²) in [5.41, 5.74) is 1.87. The van der Waals surface area contributed by atoms with Crippen molar-refractivity contribution in [3.63, 3.8) is 0 Å². The lowest BCUT2D eigenvalue weighted by atomic mass is 9.88. The van der Waals surface area contributed by atoms with Crippen LogP contribution in [0.25, 0.3) is 0 Å². The number of nitrogens with zero attached hydrogens (tertiary/aromatic N) is 1. The molecule has 0 bridgehead atoms. The first-order valence-electron chi connectivity index (χ1n) is 11.3. The highest BCUT2D eigenvalue weighted by molar-refractivity contribution is 5.79. The van der Waals surface area contributed by atoms with Crippen LogP contribution in [0, 0.1) is 5.82 Å². The van der Waals surface area contributed by atoms with E-state index in [1.54, 1.807) is 6.07 Å². The number of ether oxygens (including phenoxy) is 1. The number of rotatable bonds is 9. The molecule has 2 aromatic carbocycles. The summed E-state index contributed by atoms with van der Waals surface area (Å²) >= 11 is 0. The van der Waals surface area contributed by atoms with Gasteiger partial charge in [-0.1, -0.05) is 48.5 Å². The summed E-state index contributed by atoms with van der Waals surface area (Å²) in [6, 6.07) is 17.6. The summed E-state index contributed by atoms with van der Waals surface area (Å²) in [5.74, 6) is 0.602. The molecule has 2 aromatic rings. The van der Waals surface area contributed by atoms with Gasteiger partial charge in [0.15, 0.2) is 5.96 Å². The molecule has 3 N–H and O–H groups in total. The molecular formula is C25H35FN4O. The minimum Gasteiger partial charge on any atom is -0.381 e. The molecule has 1 atom stereocenters. The van der Waals surface area contributed by atoms with Gasteiger partial charge in [0.1, 0.15) is 5.82 Å². The predicted molar refractivity (Wildman–Crippen MR) is 125 cm³/mol. The lowest BCUT2D eigenvalue weighted by Gasteiger charge is -2.39. The maximum atomic E-state index is 13.9. The fourth-order valence-corrected chi connectivity index (χ4v) is 3.98. The van der Waals surface area contributed by atoms with Gasteiger partial charge < -0.3 is 20.7 Å². The van der Waals surface area contributed by atoms with Gasteiger partial charge in [-0.25, -0.2) is 4.39 Å². The molecule has 0 aromatic heterocycles. The van der Waals surface area contributed by atoms with Crippen molar-refractivity contribution in [2.45, 2.75) is 44.7 Å². The third-order valence-corrected chi connectivity index (χ3v) is 5.80. The van der Waals surface area contributed by atoms with Crippen LogP contribution in [0.5, 0.6) is 0 Å². The lowest BCUT2D eigenvalue weighted by molar-refractivity contribution is 0.0374. The van der Waals surface area contributed by atoms with Gasteiger partial charge in [-0.2, -0.15) is 0 Å². The fourth-order valence-electron chi connectivity index (χ4n) is 3.98. The number of benzene rings is 2. The van der Waals surface area contributed by atoms with E-state index >= 15 is 0 Å². The van der Waals surface area contributed by atoms with E-state index in [1.165, 1.54) is 11.6 Å². The Balaban J connectivity index is 1.64. The molecule has 6 heteroatoms. The minimum atomic E-state index is -0.161. The van der Waals surface area contributed by atoms with E-state index in [4.69, 9.17) is 9.73 Å². The van der Waals surface area contributed by atoms with Gasteiger partial charge in [0, 0.05) is 37.9 Å². The monoisotopic (exact) mass is 426 g/mol. The Morgan fingerprint density at radius 3 is 2.48 bits per heavy atom. The highest BCUT2D eigenvalue weighted by atomic mass is 19.1. The van der Waals surface area contributed by atoms with Crippen LogP contribution in [-0.4, -0.2) is 44.3 Å². The van der Waals surface area contributed by atoms with Crippen LogP contribution in [0.4, 0.5) is 4.39 Å². The lowest BCUT2D eigenvalue weighted by Crippen LogP contribution is -2.53.